The molecule has 0 unspecified atom stereocenters. The maximum absolute atomic E-state index is 12.3. The molecule has 0 fully saturated rings. The van der Waals surface area contributed by atoms with E-state index in [1.54, 1.807) is 44.0 Å². The van der Waals surface area contributed by atoms with Gasteiger partial charge < -0.3 is 14.6 Å². The Bertz CT molecular complexity index is 4180. The molecule has 12 rings (SSSR count). The third-order valence-corrected chi connectivity index (χ3v) is 13.4. The summed E-state index contributed by atoms with van der Waals surface area (Å²) in [5, 5.41) is 8.73. The Hall–Kier alpha value is -11.3. The summed E-state index contributed by atoms with van der Waals surface area (Å²) in [5.74, 6) is -0.775. The zero-order chi connectivity index (χ0) is 67.1. The van der Waals surface area contributed by atoms with E-state index < -0.39 is 23.8 Å². The molecule has 0 saturated heterocycles. The van der Waals surface area contributed by atoms with Crippen LogP contribution in [0.4, 0.5) is 13.2 Å². The van der Waals surface area contributed by atoms with Crippen molar-refractivity contribution in [3.8, 4) is 61.5 Å². The number of ether oxygens (including phenoxy) is 2. The predicted molar refractivity (Wildman–Crippen MR) is 365 cm³/mol. The van der Waals surface area contributed by atoms with Crippen LogP contribution in [0.25, 0.3) is 55.6 Å². The van der Waals surface area contributed by atoms with E-state index in [1.165, 1.54) is 69.9 Å². The normalized spacial score (nSPS) is 10.1. The fourth-order valence-electron chi connectivity index (χ4n) is 8.54. The summed E-state index contributed by atoms with van der Waals surface area (Å²) in [7, 11) is 2.97. The Morgan fingerprint density at radius 2 is 0.753 bits per heavy atom. The van der Waals surface area contributed by atoms with Crippen molar-refractivity contribution in [3.63, 3.8) is 0 Å². The van der Waals surface area contributed by atoms with Gasteiger partial charge in [-0.3, -0.25) is 19.9 Å². The molecular weight excluding hydrogens is 1170 g/mol. The second-order valence-corrected chi connectivity index (χ2v) is 21.2. The van der Waals surface area contributed by atoms with Crippen molar-refractivity contribution < 1.29 is 37.3 Å². The molecule has 0 amide bonds. The summed E-state index contributed by atoms with van der Waals surface area (Å²) in [4.78, 5) is 49.6. The molecule has 7 aromatic heterocycles. The van der Waals surface area contributed by atoms with Gasteiger partial charge in [0.2, 0.25) is 5.88 Å². The lowest BCUT2D eigenvalue weighted by atomic mass is 10.1. The predicted octanol–water partition coefficient (Wildman–Crippen LogP) is 18.9. The van der Waals surface area contributed by atoms with Gasteiger partial charge in [-0.2, -0.15) is 13.2 Å². The van der Waals surface area contributed by atoms with Crippen molar-refractivity contribution in [1.82, 2.24) is 34.9 Å². The lowest BCUT2D eigenvalue weighted by Gasteiger charge is -2.07. The number of rotatable bonds is 8. The molecule has 0 radical (unpaired) electrons. The molecular formula is C78H74F3N7O5. The number of pyridine rings is 7. The number of hydrogen-bond acceptors (Lipinski definition) is 11. The number of aromatic carboxylic acids is 1. The molecule has 0 aliphatic carbocycles. The Labute approximate surface area is 542 Å². The van der Waals surface area contributed by atoms with Gasteiger partial charge in [0, 0.05) is 94.8 Å². The standard InChI is InChI=1S/C14H13NO2.C13H10F3N.C13H11NO2.C13H13NO.C13H13N.2C6H7N/c1-10-4-3-5-11(8-10)12-6-7-13(15-9-12)14(16)17-2;1-9-3-2-4-10(7-9)11-5-6-12(17-8-11)13(14,15)16;1-9-3-2-4-10(7-9)11-5-6-12(13(15)16)14-8-11;1-10-4-3-5-11(8-10)12-6-7-13(15-2)14-9-12;1-10-4-3-5-12(8-10)13-7-6-11(2)14-9-13;1-6-3-2-4-7-5-6;1-6-4-2-3-5-7-6/h3-9H,1-2H3;2-8H,1H3;2-8H,1H3,(H,15,16);3-9H,1-2H3;3-9H,1-2H3;2*2-5H,1H3. The van der Waals surface area contributed by atoms with E-state index in [4.69, 9.17) is 9.84 Å². The summed E-state index contributed by atoms with van der Waals surface area (Å²) < 4.78 is 46.6. The Morgan fingerprint density at radius 1 is 0.355 bits per heavy atom. The summed E-state index contributed by atoms with van der Waals surface area (Å²) in [6.07, 6.45) is 9.27. The molecule has 5 aromatic carbocycles. The van der Waals surface area contributed by atoms with E-state index in [0.717, 1.165) is 56.4 Å². The van der Waals surface area contributed by atoms with Crippen LogP contribution in [0.3, 0.4) is 0 Å². The number of methoxy groups -OCH3 is 2. The van der Waals surface area contributed by atoms with Crippen LogP contribution in [-0.2, 0) is 10.9 Å². The van der Waals surface area contributed by atoms with Gasteiger partial charge in [0.25, 0.3) is 0 Å². The van der Waals surface area contributed by atoms with Crippen molar-refractivity contribution in [2.24, 2.45) is 0 Å². The highest BCUT2D eigenvalue weighted by Crippen LogP contribution is 2.30. The van der Waals surface area contributed by atoms with Gasteiger partial charge in [-0.15, -0.1) is 0 Å². The molecule has 15 heteroatoms. The van der Waals surface area contributed by atoms with E-state index in [2.05, 4.69) is 114 Å². The molecule has 472 valence electrons. The van der Waals surface area contributed by atoms with Crippen LogP contribution in [0.15, 0.2) is 262 Å². The van der Waals surface area contributed by atoms with Crippen LogP contribution in [0.2, 0.25) is 0 Å². The molecule has 12 aromatic rings. The Kier molecular flexibility index (Phi) is 27.7. The maximum Gasteiger partial charge on any atom is 0.433 e. The molecule has 93 heavy (non-hydrogen) atoms. The van der Waals surface area contributed by atoms with Crippen molar-refractivity contribution in [2.45, 2.75) is 61.6 Å². The van der Waals surface area contributed by atoms with Gasteiger partial charge in [-0.25, -0.2) is 24.5 Å². The number of aromatic nitrogens is 7. The van der Waals surface area contributed by atoms with E-state index in [-0.39, 0.29) is 5.69 Å². The zero-order valence-electron chi connectivity index (χ0n) is 53.7. The number of halogens is 3. The minimum atomic E-state index is -4.38. The minimum absolute atomic E-state index is 0.0661. The molecule has 0 atom stereocenters. The number of alkyl halides is 3. The van der Waals surface area contributed by atoms with Gasteiger partial charge in [0.05, 0.1) is 14.2 Å². The maximum atomic E-state index is 12.3. The van der Waals surface area contributed by atoms with Crippen molar-refractivity contribution >= 4 is 11.9 Å². The van der Waals surface area contributed by atoms with Gasteiger partial charge in [0.15, 0.2) is 0 Å². The average molecular weight is 1250 g/mol. The van der Waals surface area contributed by atoms with Gasteiger partial charge in [0.1, 0.15) is 17.1 Å². The topological polar surface area (TPSA) is 163 Å². The lowest BCUT2D eigenvalue weighted by molar-refractivity contribution is -0.141. The molecule has 0 aliphatic rings. The molecule has 12 nitrogen and oxygen atoms in total. The van der Waals surface area contributed by atoms with E-state index >= 15 is 0 Å². The van der Waals surface area contributed by atoms with Gasteiger partial charge in [-0.05, 0) is 137 Å². The van der Waals surface area contributed by atoms with Crippen molar-refractivity contribution in [2.75, 3.05) is 14.2 Å². The third kappa shape index (κ3) is 24.5. The largest absolute Gasteiger partial charge is 0.481 e. The first-order chi connectivity index (χ1) is 44.7. The fraction of sp³-hybridized carbons (Fsp3) is 0.141. The molecule has 1 N–H and O–H groups in total. The number of carbonyl (C=O) groups excluding carboxylic acids is 1. The SMILES string of the molecule is COC(=O)c1ccc(-c2cccc(C)c2)cn1.COc1ccc(-c2cccc(C)c2)cn1.Cc1cccc(-c2ccc(C(=O)O)nc2)c1.Cc1cccc(-c2ccc(C(F)(F)F)nc2)c1.Cc1cccc(-c2ccc(C)nc2)c1.Cc1ccccn1.Cc1cccnc1. The monoisotopic (exact) mass is 1250 g/mol. The quantitative estimate of drug-likeness (QED) is 0.144. The summed E-state index contributed by atoms with van der Waals surface area (Å²) in [6, 6.07) is 67.6. The van der Waals surface area contributed by atoms with E-state index in [1.807, 2.05) is 181 Å². The van der Waals surface area contributed by atoms with Crippen LogP contribution in [0, 0.1) is 55.4 Å². The third-order valence-electron chi connectivity index (χ3n) is 13.4. The van der Waals surface area contributed by atoms with E-state index in [0.29, 0.717) is 17.1 Å². The summed E-state index contributed by atoms with van der Waals surface area (Å²) in [6.45, 7) is 16.2. The highest BCUT2D eigenvalue weighted by atomic mass is 19.4. The van der Waals surface area contributed by atoms with Crippen LogP contribution in [0.5, 0.6) is 5.88 Å². The fourth-order valence-corrected chi connectivity index (χ4v) is 8.54. The number of esters is 1. The Morgan fingerprint density at radius 3 is 1.02 bits per heavy atom. The number of hydrogen-bond donors (Lipinski definition) is 1. The van der Waals surface area contributed by atoms with Crippen LogP contribution in [0.1, 0.15) is 71.4 Å². The summed E-state index contributed by atoms with van der Waals surface area (Å²) in [5.41, 5.74) is 19.1. The van der Waals surface area contributed by atoms with Gasteiger partial charge >= 0.3 is 18.1 Å². The molecule has 0 saturated carbocycles. The highest BCUT2D eigenvalue weighted by molar-refractivity contribution is 5.87. The lowest BCUT2D eigenvalue weighted by Crippen LogP contribution is -2.07. The smallest absolute Gasteiger partial charge is 0.433 e. The number of nitrogens with zero attached hydrogens (tertiary/aromatic N) is 7. The van der Waals surface area contributed by atoms with Crippen LogP contribution < -0.4 is 4.74 Å². The number of carboxylic acid groups (broad SMARTS) is 1. The molecule has 0 spiro atoms. The number of aryl methyl sites for hydroxylation is 8. The second kappa shape index (κ2) is 36.4. The average Bonchev–Trinajstić information content (AvgIpc) is 1.08. The highest BCUT2D eigenvalue weighted by Gasteiger charge is 2.32. The Balaban J connectivity index is 0.000000175. The molecule has 0 bridgehead atoms. The van der Waals surface area contributed by atoms with Crippen molar-refractivity contribution in [1.29, 1.82) is 0 Å². The first-order valence-corrected chi connectivity index (χ1v) is 29.5. The molecule has 7 heterocycles. The molecule has 0 aliphatic heterocycles. The first kappa shape index (κ1) is 70.8. The minimum Gasteiger partial charge on any atom is -0.481 e. The number of carbonyl (C=O) groups is 2. The first-order valence-electron chi connectivity index (χ1n) is 29.5. The van der Waals surface area contributed by atoms with Crippen molar-refractivity contribution in [3.05, 3.63) is 324 Å². The number of benzene rings is 5. The number of carboxylic acids is 1. The zero-order valence-corrected chi connectivity index (χ0v) is 53.7. The second-order valence-electron chi connectivity index (χ2n) is 21.2. The van der Waals surface area contributed by atoms with Gasteiger partial charge in [-0.1, -0.05) is 186 Å². The van der Waals surface area contributed by atoms with Crippen LogP contribution in [-0.4, -0.2) is 66.2 Å². The van der Waals surface area contributed by atoms with Crippen LogP contribution >= 0.6 is 0 Å². The van der Waals surface area contributed by atoms with E-state index in [9.17, 15) is 22.8 Å². The summed E-state index contributed by atoms with van der Waals surface area (Å²) >= 11 is 0.